The third-order valence-corrected chi connectivity index (χ3v) is 5.81. The van der Waals surface area contributed by atoms with E-state index in [1.165, 1.54) is 12.1 Å². The van der Waals surface area contributed by atoms with Crippen molar-refractivity contribution in [2.24, 2.45) is 0 Å². The van der Waals surface area contributed by atoms with Crippen LogP contribution in [0.15, 0.2) is 78.9 Å². The van der Waals surface area contributed by atoms with Gasteiger partial charge in [0.1, 0.15) is 6.10 Å². The molecule has 2 atom stereocenters. The number of aryl methyl sites for hydroxylation is 1. The van der Waals surface area contributed by atoms with E-state index < -0.39 is 29.7 Å². The lowest BCUT2D eigenvalue weighted by atomic mass is 9.82. The van der Waals surface area contributed by atoms with E-state index in [1.54, 1.807) is 6.07 Å². The standard InChI is InChI=1S/C26H18F3NO2/c1-15-6-8-17(9-7-15)24-22(16-10-12-19(13-11-16)26(27,28)29)23-20(25(31)32-24)14-18-4-2-3-5-21(18)30-23/h2-14,22,24H,1H3/t22-,24+/m0/s1. The molecule has 1 aromatic heterocycles. The van der Waals surface area contributed by atoms with Crippen molar-refractivity contribution in [3.63, 3.8) is 0 Å². The van der Waals surface area contributed by atoms with Crippen LogP contribution in [0.25, 0.3) is 10.9 Å². The zero-order valence-electron chi connectivity index (χ0n) is 17.1. The van der Waals surface area contributed by atoms with E-state index in [1.807, 2.05) is 55.5 Å². The van der Waals surface area contributed by atoms with Crippen LogP contribution in [0, 0.1) is 6.92 Å². The average Bonchev–Trinajstić information content (AvgIpc) is 2.78. The van der Waals surface area contributed by atoms with Crippen LogP contribution in [0.4, 0.5) is 13.2 Å². The van der Waals surface area contributed by atoms with Gasteiger partial charge in [-0.3, -0.25) is 4.98 Å². The second-order valence-corrected chi connectivity index (χ2v) is 7.95. The van der Waals surface area contributed by atoms with Crippen molar-refractivity contribution in [2.75, 3.05) is 0 Å². The lowest BCUT2D eigenvalue weighted by molar-refractivity contribution is -0.137. The zero-order chi connectivity index (χ0) is 22.5. The zero-order valence-corrected chi connectivity index (χ0v) is 17.1. The Morgan fingerprint density at radius 2 is 1.53 bits per heavy atom. The summed E-state index contributed by atoms with van der Waals surface area (Å²) in [6.07, 6.45) is -5.14. The molecule has 0 fully saturated rings. The highest BCUT2D eigenvalue weighted by Crippen LogP contribution is 2.45. The molecule has 0 unspecified atom stereocenters. The van der Waals surface area contributed by atoms with Gasteiger partial charge in [0.25, 0.3) is 0 Å². The number of pyridine rings is 1. The molecule has 0 saturated heterocycles. The second kappa shape index (κ2) is 7.48. The van der Waals surface area contributed by atoms with Crippen LogP contribution in [-0.2, 0) is 10.9 Å². The molecule has 0 amide bonds. The second-order valence-electron chi connectivity index (χ2n) is 7.95. The van der Waals surface area contributed by atoms with Crippen LogP contribution in [0.5, 0.6) is 0 Å². The predicted molar refractivity (Wildman–Crippen MR) is 114 cm³/mol. The van der Waals surface area contributed by atoms with E-state index in [0.717, 1.165) is 28.6 Å². The van der Waals surface area contributed by atoms with Crippen LogP contribution in [0.1, 0.15) is 50.3 Å². The molecule has 0 spiro atoms. The minimum Gasteiger partial charge on any atom is -0.453 e. The fourth-order valence-electron chi connectivity index (χ4n) is 4.15. The Bertz CT molecular complexity index is 1310. The first-order chi connectivity index (χ1) is 15.3. The van der Waals surface area contributed by atoms with Gasteiger partial charge in [-0.1, -0.05) is 60.2 Å². The molecule has 0 saturated carbocycles. The number of ether oxygens (including phenoxy) is 1. The molecule has 32 heavy (non-hydrogen) atoms. The van der Waals surface area contributed by atoms with Crippen molar-refractivity contribution in [1.82, 2.24) is 4.98 Å². The minimum atomic E-state index is -4.43. The molecule has 2 heterocycles. The Kier molecular flexibility index (Phi) is 4.73. The van der Waals surface area contributed by atoms with Crippen LogP contribution in [0.2, 0.25) is 0 Å². The van der Waals surface area contributed by atoms with E-state index in [2.05, 4.69) is 0 Å². The number of hydrogen-bond acceptors (Lipinski definition) is 3. The number of cyclic esters (lactones) is 1. The molecule has 3 aromatic carbocycles. The minimum absolute atomic E-state index is 0.331. The van der Waals surface area contributed by atoms with Gasteiger partial charge in [-0.05, 0) is 42.3 Å². The molecule has 0 aliphatic carbocycles. The van der Waals surface area contributed by atoms with Gasteiger partial charge in [0.05, 0.1) is 28.3 Å². The molecular weight excluding hydrogens is 415 g/mol. The number of rotatable bonds is 2. The molecule has 1 aliphatic rings. The number of aromatic nitrogens is 1. The fraction of sp³-hybridized carbons (Fsp3) is 0.154. The number of para-hydroxylation sites is 1. The Labute approximate surface area is 182 Å². The van der Waals surface area contributed by atoms with Crippen molar-refractivity contribution < 1.29 is 22.7 Å². The Balaban J connectivity index is 1.71. The highest BCUT2D eigenvalue weighted by Gasteiger charge is 2.40. The first-order valence-corrected chi connectivity index (χ1v) is 10.2. The summed E-state index contributed by atoms with van der Waals surface area (Å²) in [5.74, 6) is -1.04. The number of esters is 1. The molecule has 5 rings (SSSR count). The number of hydrogen-bond donors (Lipinski definition) is 0. The smallest absolute Gasteiger partial charge is 0.416 e. The average molecular weight is 433 g/mol. The van der Waals surface area contributed by atoms with Crippen molar-refractivity contribution in [3.8, 4) is 0 Å². The quantitative estimate of drug-likeness (QED) is 0.334. The summed E-state index contributed by atoms with van der Waals surface area (Å²) >= 11 is 0. The van der Waals surface area contributed by atoms with Gasteiger partial charge in [-0.25, -0.2) is 4.79 Å². The van der Waals surface area contributed by atoms with Gasteiger partial charge in [0.2, 0.25) is 0 Å². The number of nitrogens with zero attached hydrogens (tertiary/aromatic N) is 1. The molecule has 6 heteroatoms. The van der Waals surface area contributed by atoms with Crippen molar-refractivity contribution in [1.29, 1.82) is 0 Å². The van der Waals surface area contributed by atoms with E-state index in [0.29, 0.717) is 22.3 Å². The van der Waals surface area contributed by atoms with E-state index in [4.69, 9.17) is 9.72 Å². The predicted octanol–water partition coefficient (Wildman–Crippen LogP) is 6.61. The van der Waals surface area contributed by atoms with Crippen molar-refractivity contribution in [3.05, 3.63) is 112 Å². The van der Waals surface area contributed by atoms with E-state index in [-0.39, 0.29) is 0 Å². The number of alkyl halides is 3. The lowest BCUT2D eigenvalue weighted by Gasteiger charge is -2.33. The molecule has 0 N–H and O–H groups in total. The van der Waals surface area contributed by atoms with Crippen LogP contribution in [-0.4, -0.2) is 11.0 Å². The molecule has 160 valence electrons. The summed E-state index contributed by atoms with van der Waals surface area (Å²) in [5, 5.41) is 0.795. The van der Waals surface area contributed by atoms with Gasteiger partial charge in [0, 0.05) is 5.39 Å². The summed E-state index contributed by atoms with van der Waals surface area (Å²) in [4.78, 5) is 17.7. The Morgan fingerprint density at radius 3 is 2.22 bits per heavy atom. The highest BCUT2D eigenvalue weighted by molar-refractivity contribution is 5.96. The van der Waals surface area contributed by atoms with Crippen molar-refractivity contribution in [2.45, 2.75) is 25.1 Å². The van der Waals surface area contributed by atoms with Gasteiger partial charge in [-0.2, -0.15) is 13.2 Å². The summed E-state index contributed by atoms with van der Waals surface area (Å²) in [5.41, 5.74) is 3.22. The Morgan fingerprint density at radius 1 is 0.875 bits per heavy atom. The van der Waals surface area contributed by atoms with Crippen molar-refractivity contribution >= 4 is 16.9 Å². The first-order valence-electron chi connectivity index (χ1n) is 10.2. The monoisotopic (exact) mass is 433 g/mol. The lowest BCUT2D eigenvalue weighted by Crippen LogP contribution is -2.28. The number of fused-ring (bicyclic) bond motifs is 2. The third-order valence-electron chi connectivity index (χ3n) is 5.81. The SMILES string of the molecule is Cc1ccc([C@H]2OC(=O)c3cc4ccccc4nc3[C@@H]2c2ccc(C(F)(F)F)cc2)cc1. The Hall–Kier alpha value is -3.67. The third kappa shape index (κ3) is 3.51. The molecule has 4 aromatic rings. The molecular formula is C26H18F3NO2. The van der Waals surface area contributed by atoms with E-state index >= 15 is 0 Å². The highest BCUT2D eigenvalue weighted by atomic mass is 19.4. The van der Waals surface area contributed by atoms with Crippen LogP contribution < -0.4 is 0 Å². The van der Waals surface area contributed by atoms with Gasteiger partial charge < -0.3 is 4.74 Å². The summed E-state index contributed by atoms with van der Waals surface area (Å²) in [6.45, 7) is 1.95. The largest absolute Gasteiger partial charge is 0.453 e. The number of halogens is 3. The van der Waals surface area contributed by atoms with Gasteiger partial charge in [-0.15, -0.1) is 0 Å². The summed E-state index contributed by atoms with van der Waals surface area (Å²) in [7, 11) is 0. The molecule has 0 bridgehead atoms. The van der Waals surface area contributed by atoms with Crippen LogP contribution in [0.3, 0.4) is 0 Å². The maximum Gasteiger partial charge on any atom is 0.416 e. The molecule has 1 aliphatic heterocycles. The number of benzene rings is 3. The number of carbonyl (C=O) groups excluding carboxylic acids is 1. The normalized spacial score (nSPS) is 18.3. The fourth-order valence-corrected chi connectivity index (χ4v) is 4.15. The van der Waals surface area contributed by atoms with Gasteiger partial charge in [0.15, 0.2) is 0 Å². The number of carbonyl (C=O) groups is 1. The molecule has 3 nitrogen and oxygen atoms in total. The maximum atomic E-state index is 13.1. The molecule has 0 radical (unpaired) electrons. The van der Waals surface area contributed by atoms with Gasteiger partial charge >= 0.3 is 12.1 Å². The summed E-state index contributed by atoms with van der Waals surface area (Å²) < 4.78 is 45.2. The topological polar surface area (TPSA) is 39.2 Å². The van der Waals surface area contributed by atoms with E-state index in [9.17, 15) is 18.0 Å². The summed E-state index contributed by atoms with van der Waals surface area (Å²) in [6, 6.07) is 21.7. The van der Waals surface area contributed by atoms with Crippen LogP contribution >= 0.6 is 0 Å². The maximum absolute atomic E-state index is 13.1. The first kappa shape index (κ1) is 20.2.